The Morgan fingerprint density at radius 2 is 2.00 bits per heavy atom. The Hall–Kier alpha value is -1.78. The lowest BCUT2D eigenvalue weighted by Gasteiger charge is -2.21. The molecular weight excluding hydrogens is 241 g/mol. The minimum Gasteiger partial charge on any atom is -0.271 e. The van der Waals surface area contributed by atoms with Crippen molar-refractivity contribution in [2.45, 2.75) is 26.8 Å². The van der Waals surface area contributed by atoms with Crippen LogP contribution in [-0.2, 0) is 0 Å². The van der Waals surface area contributed by atoms with Gasteiger partial charge in [-0.15, -0.1) is 0 Å². The van der Waals surface area contributed by atoms with E-state index in [2.05, 4.69) is 10.4 Å². The topological polar surface area (TPSA) is 50.9 Å². The van der Waals surface area contributed by atoms with Gasteiger partial charge < -0.3 is 0 Å². The zero-order valence-electron chi connectivity index (χ0n) is 11.4. The standard InChI is InChI=1S/C15H18FN3/c1-9-7-10(2)14(13(16)8-9)15(19-17)12-5-4-6-18-11(12)3/h4-8,15,19H,17H2,1-3H3. The lowest BCUT2D eigenvalue weighted by Crippen LogP contribution is -2.31. The Morgan fingerprint density at radius 3 is 2.58 bits per heavy atom. The fourth-order valence-electron chi connectivity index (χ4n) is 2.42. The van der Waals surface area contributed by atoms with Crippen LogP contribution in [0.25, 0.3) is 0 Å². The van der Waals surface area contributed by atoms with Crippen LogP contribution in [0.3, 0.4) is 0 Å². The highest BCUT2D eigenvalue weighted by molar-refractivity contribution is 5.40. The molecule has 0 fully saturated rings. The summed E-state index contributed by atoms with van der Waals surface area (Å²) in [5.74, 6) is 5.39. The van der Waals surface area contributed by atoms with E-state index in [0.717, 1.165) is 22.4 Å². The largest absolute Gasteiger partial charge is 0.271 e. The van der Waals surface area contributed by atoms with Gasteiger partial charge in [0.25, 0.3) is 0 Å². The highest BCUT2D eigenvalue weighted by Gasteiger charge is 2.21. The minimum atomic E-state index is -0.394. The number of rotatable bonds is 3. The van der Waals surface area contributed by atoms with Crippen molar-refractivity contribution >= 4 is 0 Å². The molecule has 1 unspecified atom stereocenters. The average Bonchev–Trinajstić information content (AvgIpc) is 2.34. The lowest BCUT2D eigenvalue weighted by atomic mass is 9.93. The van der Waals surface area contributed by atoms with Crippen molar-refractivity contribution in [1.82, 2.24) is 10.4 Å². The maximum Gasteiger partial charge on any atom is 0.128 e. The molecule has 19 heavy (non-hydrogen) atoms. The van der Waals surface area contributed by atoms with Crippen LogP contribution in [-0.4, -0.2) is 4.98 Å². The molecule has 0 aliphatic rings. The fourth-order valence-corrected chi connectivity index (χ4v) is 2.42. The number of nitrogens with zero attached hydrogens (tertiary/aromatic N) is 1. The second-order valence-corrected chi connectivity index (χ2v) is 4.76. The van der Waals surface area contributed by atoms with E-state index in [1.807, 2.05) is 39.0 Å². The number of aromatic nitrogens is 1. The number of nitrogens with one attached hydrogen (secondary N) is 1. The number of hydrazine groups is 1. The molecule has 0 aliphatic heterocycles. The average molecular weight is 259 g/mol. The highest BCUT2D eigenvalue weighted by Crippen LogP contribution is 2.28. The SMILES string of the molecule is Cc1cc(C)c(C(NN)c2cccnc2C)c(F)c1. The van der Waals surface area contributed by atoms with Crippen LogP contribution in [0.4, 0.5) is 4.39 Å². The van der Waals surface area contributed by atoms with Gasteiger partial charge in [-0.3, -0.25) is 10.8 Å². The van der Waals surface area contributed by atoms with Gasteiger partial charge in [-0.1, -0.05) is 12.1 Å². The van der Waals surface area contributed by atoms with Crippen LogP contribution in [0, 0.1) is 26.6 Å². The lowest BCUT2D eigenvalue weighted by molar-refractivity contribution is 0.554. The maximum atomic E-state index is 14.2. The third-order valence-electron chi connectivity index (χ3n) is 3.29. The number of benzene rings is 1. The molecule has 0 radical (unpaired) electrons. The normalized spacial score (nSPS) is 12.5. The van der Waals surface area contributed by atoms with Crippen molar-refractivity contribution in [3.63, 3.8) is 0 Å². The van der Waals surface area contributed by atoms with E-state index in [4.69, 9.17) is 5.84 Å². The van der Waals surface area contributed by atoms with Crippen LogP contribution in [0.5, 0.6) is 0 Å². The molecule has 0 spiro atoms. The Morgan fingerprint density at radius 1 is 1.26 bits per heavy atom. The molecule has 3 nitrogen and oxygen atoms in total. The predicted octanol–water partition coefficient (Wildman–Crippen LogP) is 2.70. The second kappa shape index (κ2) is 5.47. The van der Waals surface area contributed by atoms with E-state index in [1.54, 1.807) is 6.20 Å². The molecule has 1 heterocycles. The monoisotopic (exact) mass is 259 g/mol. The summed E-state index contributed by atoms with van der Waals surface area (Å²) in [6.45, 7) is 5.66. The minimum absolute atomic E-state index is 0.247. The molecule has 1 atom stereocenters. The molecule has 3 N–H and O–H groups in total. The van der Waals surface area contributed by atoms with Crippen molar-refractivity contribution in [2.24, 2.45) is 5.84 Å². The van der Waals surface area contributed by atoms with E-state index < -0.39 is 6.04 Å². The summed E-state index contributed by atoms with van der Waals surface area (Å²) < 4.78 is 14.2. The van der Waals surface area contributed by atoms with Crippen molar-refractivity contribution in [1.29, 1.82) is 0 Å². The zero-order chi connectivity index (χ0) is 14.0. The Kier molecular flexibility index (Phi) is 3.93. The first-order valence-electron chi connectivity index (χ1n) is 6.19. The zero-order valence-corrected chi connectivity index (χ0v) is 11.4. The van der Waals surface area contributed by atoms with Gasteiger partial charge in [0.15, 0.2) is 0 Å². The van der Waals surface area contributed by atoms with Crippen LogP contribution < -0.4 is 11.3 Å². The Bertz CT molecular complexity index is 573. The molecule has 0 bridgehead atoms. The summed E-state index contributed by atoms with van der Waals surface area (Å²) >= 11 is 0. The van der Waals surface area contributed by atoms with Gasteiger partial charge in [-0.25, -0.2) is 9.82 Å². The smallest absolute Gasteiger partial charge is 0.128 e. The quantitative estimate of drug-likeness (QED) is 0.658. The van der Waals surface area contributed by atoms with Crippen molar-refractivity contribution in [2.75, 3.05) is 0 Å². The maximum absolute atomic E-state index is 14.2. The van der Waals surface area contributed by atoms with Gasteiger partial charge in [-0.05, 0) is 49.6 Å². The molecular formula is C15H18FN3. The van der Waals surface area contributed by atoms with E-state index in [0.29, 0.717) is 5.56 Å². The number of nitrogens with two attached hydrogens (primary N) is 1. The van der Waals surface area contributed by atoms with E-state index >= 15 is 0 Å². The highest BCUT2D eigenvalue weighted by atomic mass is 19.1. The van der Waals surface area contributed by atoms with E-state index in [1.165, 1.54) is 6.07 Å². The molecule has 1 aromatic heterocycles. The third-order valence-corrected chi connectivity index (χ3v) is 3.29. The van der Waals surface area contributed by atoms with Gasteiger partial charge >= 0.3 is 0 Å². The first kappa shape index (κ1) is 13.6. The van der Waals surface area contributed by atoms with Crippen molar-refractivity contribution in [3.8, 4) is 0 Å². The summed E-state index contributed by atoms with van der Waals surface area (Å²) in [5, 5.41) is 0. The summed E-state index contributed by atoms with van der Waals surface area (Å²) in [6.07, 6.45) is 1.71. The molecule has 0 aliphatic carbocycles. The van der Waals surface area contributed by atoms with Crippen LogP contribution >= 0.6 is 0 Å². The van der Waals surface area contributed by atoms with E-state index in [-0.39, 0.29) is 5.82 Å². The van der Waals surface area contributed by atoms with Gasteiger partial charge in [-0.2, -0.15) is 0 Å². The summed E-state index contributed by atoms with van der Waals surface area (Å²) in [6, 6.07) is 6.82. The summed E-state index contributed by atoms with van der Waals surface area (Å²) in [4.78, 5) is 4.23. The molecule has 0 saturated heterocycles. The molecule has 1 aromatic carbocycles. The Balaban J connectivity index is 2.58. The number of halogens is 1. The molecule has 0 saturated carbocycles. The van der Waals surface area contributed by atoms with Gasteiger partial charge in [0, 0.05) is 17.5 Å². The molecule has 2 rings (SSSR count). The third kappa shape index (κ3) is 2.64. The van der Waals surface area contributed by atoms with Gasteiger partial charge in [0.2, 0.25) is 0 Å². The Labute approximate surface area is 112 Å². The van der Waals surface area contributed by atoms with Crippen molar-refractivity contribution in [3.05, 3.63) is 64.2 Å². The first-order valence-corrected chi connectivity index (χ1v) is 6.19. The summed E-state index contributed by atoms with van der Waals surface area (Å²) in [7, 11) is 0. The number of hydrogen-bond acceptors (Lipinski definition) is 3. The van der Waals surface area contributed by atoms with E-state index in [9.17, 15) is 4.39 Å². The number of pyridine rings is 1. The van der Waals surface area contributed by atoms with Crippen LogP contribution in [0.15, 0.2) is 30.5 Å². The van der Waals surface area contributed by atoms with Gasteiger partial charge in [0.05, 0.1) is 6.04 Å². The molecule has 0 amide bonds. The predicted molar refractivity (Wildman–Crippen MR) is 74.0 cm³/mol. The van der Waals surface area contributed by atoms with Crippen molar-refractivity contribution < 1.29 is 4.39 Å². The van der Waals surface area contributed by atoms with Crippen LogP contribution in [0.2, 0.25) is 0 Å². The summed E-state index contributed by atoms with van der Waals surface area (Å²) in [5.41, 5.74) is 6.77. The molecule has 100 valence electrons. The first-order chi connectivity index (χ1) is 9.04. The fraction of sp³-hybridized carbons (Fsp3) is 0.267. The number of aryl methyl sites for hydroxylation is 3. The van der Waals surface area contributed by atoms with Crippen LogP contribution in [0.1, 0.15) is 34.0 Å². The second-order valence-electron chi connectivity index (χ2n) is 4.76. The molecule has 2 aromatic rings. The molecule has 4 heteroatoms. The van der Waals surface area contributed by atoms with Gasteiger partial charge in [0.1, 0.15) is 5.82 Å². The number of hydrogen-bond donors (Lipinski definition) is 2.